The molecule has 2 heterocycles. The average molecular weight is 457 g/mol. The highest BCUT2D eigenvalue weighted by Gasteiger charge is 2.19. The summed E-state index contributed by atoms with van der Waals surface area (Å²) in [7, 11) is 0. The monoisotopic (exact) mass is 456 g/mol. The Labute approximate surface area is 205 Å². The third-order valence-electron chi connectivity index (χ3n) is 6.96. The molecule has 0 aliphatic rings. The molecule has 6 aromatic rings. The maximum atomic E-state index is 6.56. The molecule has 4 aromatic carbocycles. The fourth-order valence-corrected chi connectivity index (χ4v) is 5.22. The topological polar surface area (TPSA) is 38.9 Å². The van der Waals surface area contributed by atoms with Crippen molar-refractivity contribution < 1.29 is 4.42 Å². The summed E-state index contributed by atoms with van der Waals surface area (Å²) in [5.74, 6) is 0.795. The number of benzene rings is 4. The van der Waals surface area contributed by atoms with Gasteiger partial charge in [0, 0.05) is 27.3 Å². The molecule has 3 heteroatoms. The average Bonchev–Trinajstić information content (AvgIpc) is 3.27. The summed E-state index contributed by atoms with van der Waals surface area (Å²) in [5.41, 5.74) is 8.46. The van der Waals surface area contributed by atoms with E-state index in [1.165, 1.54) is 22.1 Å². The van der Waals surface area contributed by atoms with Gasteiger partial charge in [-0.25, -0.2) is 9.97 Å². The van der Waals surface area contributed by atoms with Gasteiger partial charge in [-0.2, -0.15) is 0 Å². The first-order chi connectivity index (χ1) is 17.0. The Morgan fingerprint density at radius 2 is 1.26 bits per heavy atom. The number of para-hydroxylation sites is 1. The molecule has 172 valence electrons. The van der Waals surface area contributed by atoms with Crippen LogP contribution in [0.4, 0.5) is 0 Å². The SMILES string of the molecule is CC(C)c1cccc(C(C)C)c1-c1cc(-c2cccc3c2oc2c4ccccc4ccc32)ncn1. The van der Waals surface area contributed by atoms with Gasteiger partial charge < -0.3 is 4.42 Å². The first-order valence-corrected chi connectivity index (χ1v) is 12.3. The summed E-state index contributed by atoms with van der Waals surface area (Å²) in [5, 5.41) is 4.54. The minimum Gasteiger partial charge on any atom is -0.455 e. The van der Waals surface area contributed by atoms with Crippen LogP contribution in [0.2, 0.25) is 0 Å². The summed E-state index contributed by atoms with van der Waals surface area (Å²) >= 11 is 0. The van der Waals surface area contributed by atoms with Crippen molar-refractivity contribution in [2.75, 3.05) is 0 Å². The molecule has 0 atom stereocenters. The van der Waals surface area contributed by atoms with E-state index in [1.54, 1.807) is 6.33 Å². The van der Waals surface area contributed by atoms with Crippen LogP contribution in [0.15, 0.2) is 89.6 Å². The number of aromatic nitrogens is 2. The summed E-state index contributed by atoms with van der Waals surface area (Å²) in [6, 6.07) is 27.7. The lowest BCUT2D eigenvalue weighted by molar-refractivity contribution is 0.673. The number of hydrogen-bond acceptors (Lipinski definition) is 3. The molecule has 0 spiro atoms. The van der Waals surface area contributed by atoms with Gasteiger partial charge in [-0.15, -0.1) is 0 Å². The van der Waals surface area contributed by atoms with Gasteiger partial charge >= 0.3 is 0 Å². The van der Waals surface area contributed by atoms with Gasteiger partial charge in [-0.05, 0) is 46.5 Å². The van der Waals surface area contributed by atoms with Crippen molar-refractivity contribution in [1.82, 2.24) is 9.97 Å². The Morgan fingerprint density at radius 3 is 2.03 bits per heavy atom. The molecule has 0 saturated heterocycles. The molecule has 0 N–H and O–H groups in total. The zero-order valence-corrected chi connectivity index (χ0v) is 20.5. The van der Waals surface area contributed by atoms with Crippen LogP contribution in [0.25, 0.3) is 55.2 Å². The Bertz CT molecular complexity index is 1680. The van der Waals surface area contributed by atoms with Crippen LogP contribution in [0, 0.1) is 0 Å². The number of rotatable bonds is 4. The molecular formula is C32H28N2O. The highest BCUT2D eigenvalue weighted by molar-refractivity contribution is 6.17. The Hall–Kier alpha value is -3.98. The zero-order valence-electron chi connectivity index (χ0n) is 20.5. The predicted molar refractivity (Wildman–Crippen MR) is 146 cm³/mol. The van der Waals surface area contributed by atoms with E-state index >= 15 is 0 Å². The molecule has 0 saturated carbocycles. The summed E-state index contributed by atoms with van der Waals surface area (Å²) < 4.78 is 6.56. The minimum absolute atomic E-state index is 0.397. The molecule has 6 rings (SSSR count). The summed E-state index contributed by atoms with van der Waals surface area (Å²) in [6.07, 6.45) is 1.68. The highest BCUT2D eigenvalue weighted by atomic mass is 16.3. The maximum Gasteiger partial charge on any atom is 0.144 e. The van der Waals surface area contributed by atoms with Gasteiger partial charge in [0.05, 0.1) is 11.4 Å². The lowest BCUT2D eigenvalue weighted by Crippen LogP contribution is -2.01. The fourth-order valence-electron chi connectivity index (χ4n) is 5.22. The molecule has 0 aliphatic heterocycles. The summed E-state index contributed by atoms with van der Waals surface area (Å²) in [4.78, 5) is 9.44. The van der Waals surface area contributed by atoms with E-state index in [1.807, 2.05) is 0 Å². The summed E-state index contributed by atoms with van der Waals surface area (Å²) in [6.45, 7) is 8.96. The molecule has 0 aliphatic carbocycles. The van der Waals surface area contributed by atoms with E-state index in [-0.39, 0.29) is 0 Å². The van der Waals surface area contributed by atoms with Crippen molar-refractivity contribution in [3.63, 3.8) is 0 Å². The van der Waals surface area contributed by atoms with Crippen LogP contribution in [-0.2, 0) is 0 Å². The molecule has 0 unspecified atom stereocenters. The normalized spacial score (nSPS) is 11.9. The Kier molecular flexibility index (Phi) is 5.14. The second kappa shape index (κ2) is 8.35. The van der Waals surface area contributed by atoms with Crippen LogP contribution in [0.5, 0.6) is 0 Å². The second-order valence-electron chi connectivity index (χ2n) is 9.86. The van der Waals surface area contributed by atoms with Crippen molar-refractivity contribution in [3.8, 4) is 22.5 Å². The quantitative estimate of drug-likeness (QED) is 0.265. The van der Waals surface area contributed by atoms with Crippen molar-refractivity contribution in [1.29, 1.82) is 0 Å². The van der Waals surface area contributed by atoms with Crippen LogP contribution >= 0.6 is 0 Å². The molecule has 3 nitrogen and oxygen atoms in total. The van der Waals surface area contributed by atoms with Gasteiger partial charge in [-0.3, -0.25) is 0 Å². The van der Waals surface area contributed by atoms with Crippen LogP contribution < -0.4 is 0 Å². The maximum absolute atomic E-state index is 6.56. The predicted octanol–water partition coefficient (Wildman–Crippen LogP) is 9.11. The molecular weight excluding hydrogens is 428 g/mol. The molecule has 35 heavy (non-hydrogen) atoms. The van der Waals surface area contributed by atoms with Crippen LogP contribution in [0.3, 0.4) is 0 Å². The molecule has 0 bridgehead atoms. The molecule has 0 radical (unpaired) electrons. The van der Waals surface area contributed by atoms with Gasteiger partial charge in [0.2, 0.25) is 0 Å². The largest absolute Gasteiger partial charge is 0.455 e. The molecule has 2 aromatic heterocycles. The van der Waals surface area contributed by atoms with E-state index in [0.717, 1.165) is 44.3 Å². The molecule has 0 fully saturated rings. The lowest BCUT2D eigenvalue weighted by Gasteiger charge is -2.19. The van der Waals surface area contributed by atoms with Gasteiger partial charge in [0.15, 0.2) is 0 Å². The lowest BCUT2D eigenvalue weighted by atomic mass is 9.86. The first kappa shape index (κ1) is 21.5. The van der Waals surface area contributed by atoms with Crippen LogP contribution in [-0.4, -0.2) is 9.97 Å². The number of nitrogens with zero attached hydrogens (tertiary/aromatic N) is 2. The van der Waals surface area contributed by atoms with Gasteiger partial charge in [0.25, 0.3) is 0 Å². The first-order valence-electron chi connectivity index (χ1n) is 12.3. The third kappa shape index (κ3) is 3.50. The second-order valence-corrected chi connectivity index (χ2v) is 9.86. The van der Waals surface area contributed by atoms with Crippen molar-refractivity contribution in [2.45, 2.75) is 39.5 Å². The van der Waals surface area contributed by atoms with Crippen molar-refractivity contribution >= 4 is 32.7 Å². The zero-order chi connectivity index (χ0) is 24.1. The molecule has 0 amide bonds. The van der Waals surface area contributed by atoms with E-state index in [4.69, 9.17) is 14.4 Å². The smallest absolute Gasteiger partial charge is 0.144 e. The number of hydrogen-bond donors (Lipinski definition) is 0. The van der Waals surface area contributed by atoms with Crippen molar-refractivity contribution in [2.24, 2.45) is 0 Å². The van der Waals surface area contributed by atoms with E-state index in [9.17, 15) is 0 Å². The van der Waals surface area contributed by atoms with E-state index in [0.29, 0.717) is 11.8 Å². The fraction of sp³-hybridized carbons (Fsp3) is 0.188. The Balaban J connectivity index is 1.59. The van der Waals surface area contributed by atoms with Crippen molar-refractivity contribution in [3.05, 3.63) is 96.3 Å². The number of fused-ring (bicyclic) bond motifs is 5. The van der Waals surface area contributed by atoms with E-state index in [2.05, 4.69) is 107 Å². The van der Waals surface area contributed by atoms with E-state index < -0.39 is 0 Å². The minimum atomic E-state index is 0.397. The third-order valence-corrected chi connectivity index (χ3v) is 6.96. The van der Waals surface area contributed by atoms with Gasteiger partial charge in [-0.1, -0.05) is 88.4 Å². The Morgan fingerprint density at radius 1 is 0.600 bits per heavy atom. The number of furan rings is 1. The highest BCUT2D eigenvalue weighted by Crippen LogP contribution is 2.40. The van der Waals surface area contributed by atoms with Crippen LogP contribution in [0.1, 0.15) is 50.7 Å². The standard InChI is InChI=1S/C32H28N2O/c1-19(2)22-11-7-12-23(20(3)4)30(22)29-17-28(33-18-34-29)27-14-8-13-25-26-16-15-21-9-5-6-10-24(21)31(26)35-32(25)27/h5-20H,1-4H3. The van der Waals surface area contributed by atoms with Gasteiger partial charge in [0.1, 0.15) is 17.5 Å².